The van der Waals surface area contributed by atoms with Gasteiger partial charge in [0.05, 0.1) is 16.5 Å². The first-order valence-corrected chi connectivity index (χ1v) is 11.5. The van der Waals surface area contributed by atoms with Crippen LogP contribution in [0.25, 0.3) is 10.4 Å². The van der Waals surface area contributed by atoms with Gasteiger partial charge >= 0.3 is 6.18 Å². The quantitative estimate of drug-likeness (QED) is 0.280. The molecule has 0 aliphatic carbocycles. The molecule has 0 saturated heterocycles. The van der Waals surface area contributed by atoms with Crippen molar-refractivity contribution in [2.45, 2.75) is 18.6 Å². The number of benzene rings is 3. The van der Waals surface area contributed by atoms with Crippen molar-refractivity contribution in [3.05, 3.63) is 118 Å². The Kier molecular flexibility index (Phi) is 5.73. The summed E-state index contributed by atoms with van der Waals surface area (Å²) in [5.74, 6) is -0.554. The van der Waals surface area contributed by atoms with Crippen LogP contribution in [-0.2, 0) is 12.6 Å². The van der Waals surface area contributed by atoms with Crippen LogP contribution >= 0.6 is 11.3 Å². The van der Waals surface area contributed by atoms with Gasteiger partial charge in [-0.2, -0.15) is 13.2 Å². The Morgan fingerprint density at radius 1 is 0.912 bits per heavy atom. The van der Waals surface area contributed by atoms with Gasteiger partial charge in [0.2, 0.25) is 0 Å². The van der Waals surface area contributed by atoms with Crippen LogP contribution in [0.4, 0.5) is 17.6 Å². The van der Waals surface area contributed by atoms with E-state index >= 15 is 0 Å². The van der Waals surface area contributed by atoms with Crippen LogP contribution in [0.3, 0.4) is 0 Å². The molecule has 2 nitrogen and oxygen atoms in total. The fourth-order valence-electron chi connectivity index (χ4n) is 4.39. The molecular formula is C27H19F4NOS. The highest BCUT2D eigenvalue weighted by Crippen LogP contribution is 2.39. The maximum atomic E-state index is 13.6. The van der Waals surface area contributed by atoms with E-state index in [0.29, 0.717) is 28.3 Å². The van der Waals surface area contributed by atoms with Crippen LogP contribution in [0.5, 0.6) is 0 Å². The highest BCUT2D eigenvalue weighted by molar-refractivity contribution is 7.17. The third kappa shape index (κ3) is 4.23. The van der Waals surface area contributed by atoms with Gasteiger partial charge in [-0.05, 0) is 65.1 Å². The van der Waals surface area contributed by atoms with Gasteiger partial charge in [0.1, 0.15) is 5.82 Å². The van der Waals surface area contributed by atoms with E-state index in [4.69, 9.17) is 0 Å². The average Bonchev–Trinajstić information content (AvgIpc) is 3.33. The molecule has 172 valence electrons. The van der Waals surface area contributed by atoms with Gasteiger partial charge in [0, 0.05) is 11.4 Å². The molecule has 0 saturated carbocycles. The summed E-state index contributed by atoms with van der Waals surface area (Å²) < 4.78 is 53.0. The minimum atomic E-state index is -4.44. The molecule has 4 aromatic rings. The lowest BCUT2D eigenvalue weighted by molar-refractivity contribution is -0.137. The molecule has 0 N–H and O–H groups in total. The average molecular weight is 482 g/mol. The minimum Gasteiger partial charge on any atom is -0.326 e. The first-order valence-electron chi connectivity index (χ1n) is 10.7. The summed E-state index contributed by atoms with van der Waals surface area (Å²) in [6.07, 6.45) is -3.75. The molecule has 1 aromatic heterocycles. The van der Waals surface area contributed by atoms with Crippen LogP contribution < -0.4 is 0 Å². The number of thiophene rings is 1. The first-order chi connectivity index (χ1) is 16.3. The molecular weight excluding hydrogens is 462 g/mol. The zero-order valence-corrected chi connectivity index (χ0v) is 18.7. The summed E-state index contributed by atoms with van der Waals surface area (Å²) >= 11 is 1.17. The molecule has 0 radical (unpaired) electrons. The second-order valence-corrected chi connectivity index (χ2v) is 9.23. The van der Waals surface area contributed by atoms with Crippen molar-refractivity contribution in [3.63, 3.8) is 0 Å². The largest absolute Gasteiger partial charge is 0.416 e. The normalized spacial score (nSPS) is 15.8. The molecule has 1 aliphatic heterocycles. The van der Waals surface area contributed by atoms with Gasteiger partial charge < -0.3 is 4.90 Å². The maximum absolute atomic E-state index is 13.6. The topological polar surface area (TPSA) is 20.3 Å². The fourth-order valence-corrected chi connectivity index (χ4v) is 5.35. The van der Waals surface area contributed by atoms with Crippen LogP contribution in [0.2, 0.25) is 0 Å². The smallest absolute Gasteiger partial charge is 0.326 e. The predicted octanol–water partition coefficient (Wildman–Crippen LogP) is 7.36. The summed E-state index contributed by atoms with van der Waals surface area (Å²) in [4.78, 5) is 16.4. The zero-order chi connectivity index (χ0) is 23.9. The number of fused-ring (bicyclic) bond motifs is 1. The minimum absolute atomic E-state index is 0.202. The molecule has 1 aliphatic rings. The molecule has 5 rings (SSSR count). The van der Waals surface area contributed by atoms with E-state index in [2.05, 4.69) is 0 Å². The van der Waals surface area contributed by atoms with Crippen LogP contribution in [0.15, 0.2) is 84.9 Å². The molecule has 3 aromatic carbocycles. The van der Waals surface area contributed by atoms with Crippen LogP contribution in [0, 0.1) is 5.82 Å². The molecule has 34 heavy (non-hydrogen) atoms. The predicted molar refractivity (Wildman–Crippen MR) is 124 cm³/mol. The fraction of sp³-hybridized carbons (Fsp3) is 0.148. The number of alkyl halides is 3. The van der Waals surface area contributed by atoms with E-state index in [1.165, 1.54) is 29.5 Å². The Bertz CT molecular complexity index is 1340. The standard InChI is InChI=1S/C27H19F4NOS/c28-21-10-8-18(9-11-21)25-22-7-2-1-4-17(22)14-15-32(25)26(33)24-13-12-23(34-24)19-5-3-6-20(16-19)27(29,30)31/h1-13,16,25H,14-15H2. The zero-order valence-electron chi connectivity index (χ0n) is 17.9. The summed E-state index contributed by atoms with van der Waals surface area (Å²) in [5.41, 5.74) is 2.62. The summed E-state index contributed by atoms with van der Waals surface area (Å²) in [5, 5.41) is 0. The molecule has 1 amide bonds. The van der Waals surface area contributed by atoms with E-state index in [0.717, 1.165) is 28.8 Å². The number of hydrogen-bond acceptors (Lipinski definition) is 2. The Labute approximate surface area is 198 Å². The number of halogens is 4. The monoisotopic (exact) mass is 481 g/mol. The van der Waals surface area contributed by atoms with Gasteiger partial charge in [-0.25, -0.2) is 4.39 Å². The molecule has 2 heterocycles. The highest BCUT2D eigenvalue weighted by Gasteiger charge is 2.33. The second-order valence-electron chi connectivity index (χ2n) is 8.14. The Hall–Kier alpha value is -3.45. The number of nitrogens with zero attached hydrogens (tertiary/aromatic N) is 1. The van der Waals surface area contributed by atoms with Gasteiger partial charge in [0.15, 0.2) is 0 Å². The summed E-state index contributed by atoms with van der Waals surface area (Å²) in [7, 11) is 0. The SMILES string of the molecule is O=C(c1ccc(-c2cccc(C(F)(F)F)c2)s1)N1CCc2ccccc2C1c1ccc(F)cc1. The lowest BCUT2D eigenvalue weighted by Gasteiger charge is -2.37. The number of hydrogen-bond donors (Lipinski definition) is 0. The van der Waals surface area contributed by atoms with E-state index in [1.54, 1.807) is 35.2 Å². The van der Waals surface area contributed by atoms with E-state index < -0.39 is 11.7 Å². The Morgan fingerprint density at radius 3 is 2.44 bits per heavy atom. The molecule has 0 spiro atoms. The van der Waals surface area contributed by atoms with E-state index in [9.17, 15) is 22.4 Å². The maximum Gasteiger partial charge on any atom is 0.416 e. The number of amides is 1. The van der Waals surface area contributed by atoms with Crippen molar-refractivity contribution in [2.75, 3.05) is 6.54 Å². The first kappa shape index (κ1) is 22.3. The van der Waals surface area contributed by atoms with E-state index in [1.807, 2.05) is 24.3 Å². The number of rotatable bonds is 3. The van der Waals surface area contributed by atoms with Crippen LogP contribution in [-0.4, -0.2) is 17.4 Å². The number of carbonyl (C=O) groups is 1. The highest BCUT2D eigenvalue weighted by atomic mass is 32.1. The molecule has 0 bridgehead atoms. The van der Waals surface area contributed by atoms with Crippen molar-refractivity contribution in [1.82, 2.24) is 4.90 Å². The molecule has 1 atom stereocenters. The van der Waals surface area contributed by atoms with E-state index in [-0.39, 0.29) is 17.8 Å². The third-order valence-corrected chi connectivity index (χ3v) is 7.14. The van der Waals surface area contributed by atoms with Crippen molar-refractivity contribution in [2.24, 2.45) is 0 Å². The molecule has 1 unspecified atom stereocenters. The summed E-state index contributed by atoms with van der Waals surface area (Å²) in [6, 6.07) is 22.1. The lowest BCUT2D eigenvalue weighted by Crippen LogP contribution is -2.40. The molecule has 0 fully saturated rings. The van der Waals surface area contributed by atoms with Crippen molar-refractivity contribution in [3.8, 4) is 10.4 Å². The van der Waals surface area contributed by atoms with Gasteiger partial charge in [0.25, 0.3) is 5.91 Å². The van der Waals surface area contributed by atoms with Gasteiger partial charge in [-0.15, -0.1) is 11.3 Å². The lowest BCUT2D eigenvalue weighted by atomic mass is 9.88. The Morgan fingerprint density at radius 2 is 1.68 bits per heavy atom. The van der Waals surface area contributed by atoms with Crippen LogP contribution in [0.1, 0.15) is 38.0 Å². The molecule has 7 heteroatoms. The van der Waals surface area contributed by atoms with Gasteiger partial charge in [-0.1, -0.05) is 48.5 Å². The third-order valence-electron chi connectivity index (χ3n) is 6.02. The second kappa shape index (κ2) is 8.72. The van der Waals surface area contributed by atoms with Gasteiger partial charge in [-0.3, -0.25) is 4.79 Å². The van der Waals surface area contributed by atoms with Crippen molar-refractivity contribution in [1.29, 1.82) is 0 Å². The van der Waals surface area contributed by atoms with Crippen molar-refractivity contribution < 1.29 is 22.4 Å². The number of carbonyl (C=O) groups excluding carboxylic acids is 1. The van der Waals surface area contributed by atoms with Crippen molar-refractivity contribution >= 4 is 17.2 Å². The Balaban J connectivity index is 1.50. The summed E-state index contributed by atoms with van der Waals surface area (Å²) in [6.45, 7) is 0.481.